The smallest absolute Gasteiger partial charge is 0.0894 e. The van der Waals surface area contributed by atoms with E-state index in [4.69, 9.17) is 0 Å². The molecule has 2 heterocycles. The zero-order chi connectivity index (χ0) is 10.4. The first-order valence-electron chi connectivity index (χ1n) is 5.45. The lowest BCUT2D eigenvalue weighted by atomic mass is 10.3. The van der Waals surface area contributed by atoms with E-state index in [2.05, 4.69) is 29.4 Å². The number of hydrogen-bond acceptors (Lipinski definition) is 1. The van der Waals surface area contributed by atoms with Crippen LogP contribution in [0.1, 0.15) is 24.4 Å². The normalized spacial score (nSPS) is 16.1. The van der Waals surface area contributed by atoms with Crippen molar-refractivity contribution in [1.29, 1.82) is 0 Å². The molecule has 2 aromatic heterocycles. The van der Waals surface area contributed by atoms with Crippen molar-refractivity contribution in [2.45, 2.75) is 32.4 Å². The molecule has 0 N–H and O–H groups in total. The maximum atomic E-state index is 4.40. The molecule has 0 radical (unpaired) electrons. The van der Waals surface area contributed by atoms with E-state index in [1.165, 1.54) is 29.4 Å². The summed E-state index contributed by atoms with van der Waals surface area (Å²) in [5.74, 6) is 0. The summed E-state index contributed by atoms with van der Waals surface area (Å²) < 4.78 is 4.40. The summed E-state index contributed by atoms with van der Waals surface area (Å²) in [5, 5.41) is 4.40. The fourth-order valence-electron chi connectivity index (χ4n) is 2.22. The number of aryl methyl sites for hydroxylation is 1. The van der Waals surface area contributed by atoms with E-state index in [-0.39, 0.29) is 0 Å². The summed E-state index contributed by atoms with van der Waals surface area (Å²) >= 11 is 0. The number of nitrogens with zero attached hydrogens (tertiary/aromatic N) is 3. The lowest BCUT2D eigenvalue weighted by Crippen LogP contribution is -1.96. The van der Waals surface area contributed by atoms with Crippen LogP contribution in [0.4, 0.5) is 0 Å². The molecular weight excluding hydrogens is 186 g/mol. The van der Waals surface area contributed by atoms with Gasteiger partial charge in [0.2, 0.25) is 0 Å². The van der Waals surface area contributed by atoms with E-state index in [1.54, 1.807) is 0 Å². The average molecular weight is 201 g/mol. The van der Waals surface area contributed by atoms with Crippen molar-refractivity contribution >= 4 is 11.0 Å². The van der Waals surface area contributed by atoms with Crippen molar-refractivity contribution in [2.24, 2.45) is 0 Å². The van der Waals surface area contributed by atoms with Gasteiger partial charge in [-0.2, -0.15) is 5.10 Å². The molecule has 3 rings (SSSR count). The first-order valence-corrected chi connectivity index (χ1v) is 5.45. The SMILES string of the molecule is C=CCn1ncc2c1c(C)cn2C1CC1. The fourth-order valence-corrected chi connectivity index (χ4v) is 2.22. The van der Waals surface area contributed by atoms with Crippen LogP contribution in [0.2, 0.25) is 0 Å². The largest absolute Gasteiger partial charge is 0.342 e. The highest BCUT2D eigenvalue weighted by Gasteiger charge is 2.26. The summed E-state index contributed by atoms with van der Waals surface area (Å²) in [4.78, 5) is 0. The molecule has 0 aliphatic heterocycles. The van der Waals surface area contributed by atoms with Crippen LogP contribution in [-0.4, -0.2) is 14.3 Å². The van der Waals surface area contributed by atoms with Crippen LogP contribution >= 0.6 is 0 Å². The average Bonchev–Trinajstić information content (AvgIpc) is 2.89. The molecule has 3 nitrogen and oxygen atoms in total. The van der Waals surface area contributed by atoms with Crippen LogP contribution in [0.3, 0.4) is 0 Å². The molecule has 2 aromatic rings. The molecule has 0 unspecified atom stereocenters. The molecular formula is C12H15N3. The van der Waals surface area contributed by atoms with Crippen molar-refractivity contribution in [3.05, 3.63) is 30.6 Å². The highest BCUT2D eigenvalue weighted by molar-refractivity contribution is 5.80. The van der Waals surface area contributed by atoms with Gasteiger partial charge >= 0.3 is 0 Å². The van der Waals surface area contributed by atoms with Crippen molar-refractivity contribution < 1.29 is 0 Å². The van der Waals surface area contributed by atoms with Crippen LogP contribution in [0.15, 0.2) is 25.0 Å². The lowest BCUT2D eigenvalue weighted by molar-refractivity contribution is 0.726. The summed E-state index contributed by atoms with van der Waals surface area (Å²) in [7, 11) is 0. The van der Waals surface area contributed by atoms with Gasteiger partial charge in [0.05, 0.1) is 23.8 Å². The maximum absolute atomic E-state index is 4.40. The Hall–Kier alpha value is -1.51. The molecule has 0 aromatic carbocycles. The minimum atomic E-state index is 0.725. The van der Waals surface area contributed by atoms with Gasteiger partial charge in [0.15, 0.2) is 0 Å². The van der Waals surface area contributed by atoms with Gasteiger partial charge in [0, 0.05) is 12.2 Å². The van der Waals surface area contributed by atoms with Gasteiger partial charge in [0.25, 0.3) is 0 Å². The second-order valence-electron chi connectivity index (χ2n) is 4.30. The molecule has 0 atom stereocenters. The number of hydrogen-bond donors (Lipinski definition) is 0. The molecule has 0 amide bonds. The molecule has 0 bridgehead atoms. The Balaban J connectivity index is 2.20. The second kappa shape index (κ2) is 2.99. The van der Waals surface area contributed by atoms with Crippen molar-refractivity contribution in [1.82, 2.24) is 14.3 Å². The van der Waals surface area contributed by atoms with Gasteiger partial charge in [-0.1, -0.05) is 6.08 Å². The number of rotatable bonds is 3. The molecule has 1 aliphatic carbocycles. The highest BCUT2D eigenvalue weighted by atomic mass is 15.3. The van der Waals surface area contributed by atoms with Crippen LogP contribution in [0, 0.1) is 6.92 Å². The van der Waals surface area contributed by atoms with E-state index < -0.39 is 0 Å². The Morgan fingerprint density at radius 2 is 2.40 bits per heavy atom. The lowest BCUT2D eigenvalue weighted by Gasteiger charge is -1.97. The van der Waals surface area contributed by atoms with E-state index in [0.717, 1.165) is 12.6 Å². The molecule has 1 fully saturated rings. The Morgan fingerprint density at radius 3 is 3.07 bits per heavy atom. The van der Waals surface area contributed by atoms with Gasteiger partial charge in [-0.15, -0.1) is 6.58 Å². The van der Waals surface area contributed by atoms with Crippen LogP contribution in [0.25, 0.3) is 11.0 Å². The molecule has 1 saturated carbocycles. The van der Waals surface area contributed by atoms with Crippen molar-refractivity contribution in [3.63, 3.8) is 0 Å². The molecule has 1 aliphatic rings. The minimum Gasteiger partial charge on any atom is -0.342 e. The zero-order valence-electron chi connectivity index (χ0n) is 8.98. The van der Waals surface area contributed by atoms with Crippen molar-refractivity contribution in [2.75, 3.05) is 0 Å². The summed E-state index contributed by atoms with van der Waals surface area (Å²) in [6, 6.07) is 0.725. The minimum absolute atomic E-state index is 0.725. The molecule has 78 valence electrons. The van der Waals surface area contributed by atoms with E-state index in [9.17, 15) is 0 Å². The standard InChI is InChI=1S/C12H15N3/c1-3-6-15-12-9(2)8-14(10-4-5-10)11(12)7-13-15/h3,7-8,10H,1,4-6H2,2H3. The van der Waals surface area contributed by atoms with E-state index in [0.29, 0.717) is 0 Å². The van der Waals surface area contributed by atoms with E-state index >= 15 is 0 Å². The summed E-state index contributed by atoms with van der Waals surface area (Å²) in [6.07, 6.45) is 8.75. The Labute approximate surface area is 89.0 Å². The van der Waals surface area contributed by atoms with Crippen LogP contribution in [0.5, 0.6) is 0 Å². The fraction of sp³-hybridized carbons (Fsp3) is 0.417. The Morgan fingerprint density at radius 1 is 1.60 bits per heavy atom. The van der Waals surface area contributed by atoms with Crippen molar-refractivity contribution in [3.8, 4) is 0 Å². The first-order chi connectivity index (χ1) is 7.31. The second-order valence-corrected chi connectivity index (χ2v) is 4.30. The van der Waals surface area contributed by atoms with Crippen LogP contribution in [-0.2, 0) is 6.54 Å². The third kappa shape index (κ3) is 1.23. The van der Waals surface area contributed by atoms with Gasteiger partial charge in [0.1, 0.15) is 0 Å². The highest BCUT2D eigenvalue weighted by Crippen LogP contribution is 2.38. The number of fused-ring (bicyclic) bond motifs is 1. The topological polar surface area (TPSA) is 22.8 Å². The Bertz CT molecular complexity index is 514. The molecule has 0 saturated heterocycles. The third-order valence-corrected chi connectivity index (χ3v) is 3.05. The van der Waals surface area contributed by atoms with Gasteiger partial charge in [-0.25, -0.2) is 0 Å². The monoisotopic (exact) mass is 201 g/mol. The van der Waals surface area contributed by atoms with E-state index in [1.807, 2.05) is 17.0 Å². The maximum Gasteiger partial charge on any atom is 0.0894 e. The quantitative estimate of drug-likeness (QED) is 0.700. The number of allylic oxidation sites excluding steroid dienone is 1. The van der Waals surface area contributed by atoms with Crippen LogP contribution < -0.4 is 0 Å². The van der Waals surface area contributed by atoms with Gasteiger partial charge in [-0.05, 0) is 25.3 Å². The molecule has 0 spiro atoms. The first kappa shape index (κ1) is 8.77. The summed E-state index contributed by atoms with van der Waals surface area (Å²) in [6.45, 7) is 6.70. The predicted octanol–water partition coefficient (Wildman–Crippen LogP) is 2.67. The third-order valence-electron chi connectivity index (χ3n) is 3.05. The Kier molecular flexibility index (Phi) is 1.75. The van der Waals surface area contributed by atoms with Gasteiger partial charge in [-0.3, -0.25) is 4.68 Å². The summed E-state index contributed by atoms with van der Waals surface area (Å²) in [5.41, 5.74) is 3.86. The molecule has 3 heteroatoms. The predicted molar refractivity (Wildman–Crippen MR) is 60.9 cm³/mol. The molecule has 15 heavy (non-hydrogen) atoms. The zero-order valence-corrected chi connectivity index (χ0v) is 8.98. The number of aromatic nitrogens is 3. The van der Waals surface area contributed by atoms with Gasteiger partial charge < -0.3 is 4.57 Å².